The molecule has 4 heteroatoms. The second-order valence-corrected chi connectivity index (χ2v) is 4.61. The molecule has 1 aromatic carbocycles. The summed E-state index contributed by atoms with van der Waals surface area (Å²) in [5.74, 6) is -1.18. The third kappa shape index (κ3) is 3.62. The SMILES string of the molecule is C=C[C@@H](C(=O)OCC)[C@H](O)c1ccc(SC)cc1. The molecule has 0 fully saturated rings. The van der Waals surface area contributed by atoms with Crippen molar-refractivity contribution < 1.29 is 14.6 Å². The normalized spacial score (nSPS) is 13.7. The molecule has 1 rings (SSSR count). The molecule has 3 nitrogen and oxygen atoms in total. The molecular formula is C14H18O3S. The molecule has 0 bridgehead atoms. The fraction of sp³-hybridized carbons (Fsp3) is 0.357. The zero-order valence-corrected chi connectivity index (χ0v) is 11.4. The van der Waals surface area contributed by atoms with Crippen LogP contribution in [0, 0.1) is 5.92 Å². The number of aliphatic hydroxyl groups excluding tert-OH is 1. The summed E-state index contributed by atoms with van der Waals surface area (Å²) in [6.07, 6.45) is 2.49. The zero-order valence-electron chi connectivity index (χ0n) is 10.6. The topological polar surface area (TPSA) is 46.5 Å². The van der Waals surface area contributed by atoms with Crippen molar-refractivity contribution in [1.82, 2.24) is 0 Å². The first kappa shape index (κ1) is 14.8. The molecule has 0 unspecified atom stereocenters. The number of esters is 1. The maximum atomic E-state index is 11.7. The van der Waals surface area contributed by atoms with E-state index in [4.69, 9.17) is 4.74 Å². The summed E-state index contributed by atoms with van der Waals surface area (Å²) in [7, 11) is 0. The molecule has 0 aromatic heterocycles. The molecule has 0 saturated heterocycles. The number of hydrogen-bond donors (Lipinski definition) is 1. The van der Waals surface area contributed by atoms with Gasteiger partial charge in [0.2, 0.25) is 0 Å². The fourth-order valence-electron chi connectivity index (χ4n) is 1.60. The third-order valence-electron chi connectivity index (χ3n) is 2.61. The predicted molar refractivity (Wildman–Crippen MR) is 73.5 cm³/mol. The van der Waals surface area contributed by atoms with Crippen LogP contribution in [0.15, 0.2) is 41.8 Å². The van der Waals surface area contributed by atoms with Gasteiger partial charge in [-0.05, 0) is 30.9 Å². The molecule has 0 heterocycles. The van der Waals surface area contributed by atoms with Gasteiger partial charge >= 0.3 is 5.97 Å². The van der Waals surface area contributed by atoms with Gasteiger partial charge in [0.1, 0.15) is 5.92 Å². The van der Waals surface area contributed by atoms with Crippen LogP contribution in [-0.2, 0) is 9.53 Å². The van der Waals surface area contributed by atoms with Crippen molar-refractivity contribution in [2.75, 3.05) is 12.9 Å². The van der Waals surface area contributed by atoms with Crippen molar-refractivity contribution in [3.05, 3.63) is 42.5 Å². The van der Waals surface area contributed by atoms with Gasteiger partial charge in [0.25, 0.3) is 0 Å². The summed E-state index contributed by atoms with van der Waals surface area (Å²) < 4.78 is 4.91. The summed E-state index contributed by atoms with van der Waals surface area (Å²) in [6.45, 7) is 5.61. The van der Waals surface area contributed by atoms with Crippen molar-refractivity contribution in [2.45, 2.75) is 17.9 Å². The number of hydrogen-bond acceptors (Lipinski definition) is 4. The lowest BCUT2D eigenvalue weighted by Crippen LogP contribution is -2.22. The number of rotatable bonds is 6. The van der Waals surface area contributed by atoms with E-state index in [0.717, 1.165) is 4.90 Å². The lowest BCUT2D eigenvalue weighted by Gasteiger charge is -2.18. The monoisotopic (exact) mass is 266 g/mol. The maximum Gasteiger partial charge on any atom is 0.315 e. The third-order valence-corrected chi connectivity index (χ3v) is 3.35. The highest BCUT2D eigenvalue weighted by Gasteiger charge is 2.26. The van der Waals surface area contributed by atoms with Crippen LogP contribution in [0.2, 0.25) is 0 Å². The standard InChI is InChI=1S/C14H18O3S/c1-4-12(14(16)17-5-2)13(15)10-6-8-11(18-3)9-7-10/h4,6-9,12-13,15H,1,5H2,2-3H3/t12-,13-/m1/s1. The van der Waals surface area contributed by atoms with Gasteiger partial charge in [-0.25, -0.2) is 0 Å². The van der Waals surface area contributed by atoms with Gasteiger partial charge < -0.3 is 9.84 Å². The first-order chi connectivity index (χ1) is 8.63. The van der Waals surface area contributed by atoms with Crippen LogP contribution >= 0.6 is 11.8 Å². The number of benzene rings is 1. The maximum absolute atomic E-state index is 11.7. The van der Waals surface area contributed by atoms with E-state index in [1.165, 1.54) is 6.08 Å². The molecule has 0 aliphatic carbocycles. The second-order valence-electron chi connectivity index (χ2n) is 3.73. The zero-order chi connectivity index (χ0) is 13.5. The Morgan fingerprint density at radius 1 is 1.50 bits per heavy atom. The Kier molecular flexibility index (Phi) is 5.95. The van der Waals surface area contributed by atoms with Gasteiger partial charge in [0.15, 0.2) is 0 Å². The van der Waals surface area contributed by atoms with Crippen molar-refractivity contribution in [3.63, 3.8) is 0 Å². The quantitative estimate of drug-likeness (QED) is 0.488. The Bertz CT molecular complexity index is 400. The fourth-order valence-corrected chi connectivity index (χ4v) is 2.01. The van der Waals surface area contributed by atoms with Gasteiger partial charge in [-0.1, -0.05) is 18.2 Å². The molecule has 0 spiro atoms. The van der Waals surface area contributed by atoms with Crippen LogP contribution in [0.1, 0.15) is 18.6 Å². The average molecular weight is 266 g/mol. The Hall–Kier alpha value is -1.26. The molecule has 0 aliphatic rings. The average Bonchev–Trinajstić information content (AvgIpc) is 2.40. The Balaban J connectivity index is 2.85. The minimum absolute atomic E-state index is 0.293. The van der Waals surface area contributed by atoms with Crippen LogP contribution in [-0.4, -0.2) is 23.9 Å². The minimum Gasteiger partial charge on any atom is -0.465 e. The van der Waals surface area contributed by atoms with Gasteiger partial charge in [-0.3, -0.25) is 4.79 Å². The van der Waals surface area contributed by atoms with E-state index in [-0.39, 0.29) is 0 Å². The van der Waals surface area contributed by atoms with Crippen LogP contribution in [0.4, 0.5) is 0 Å². The molecule has 98 valence electrons. The highest BCUT2D eigenvalue weighted by molar-refractivity contribution is 7.98. The number of ether oxygens (including phenoxy) is 1. The predicted octanol–water partition coefficient (Wildman–Crippen LogP) is 2.81. The van der Waals surface area contributed by atoms with Crippen LogP contribution in [0.5, 0.6) is 0 Å². The Morgan fingerprint density at radius 3 is 2.56 bits per heavy atom. The molecule has 18 heavy (non-hydrogen) atoms. The minimum atomic E-state index is -0.919. The van der Waals surface area contributed by atoms with Gasteiger partial charge in [0.05, 0.1) is 12.7 Å². The van der Waals surface area contributed by atoms with E-state index in [9.17, 15) is 9.90 Å². The number of aliphatic hydroxyl groups is 1. The largest absolute Gasteiger partial charge is 0.465 e. The summed E-state index contributed by atoms with van der Waals surface area (Å²) in [6, 6.07) is 7.45. The highest BCUT2D eigenvalue weighted by Crippen LogP contribution is 2.26. The molecular weight excluding hydrogens is 248 g/mol. The van der Waals surface area contributed by atoms with E-state index in [1.807, 2.05) is 30.5 Å². The number of carbonyl (C=O) groups excluding carboxylic acids is 1. The summed E-state index contributed by atoms with van der Waals surface area (Å²) >= 11 is 1.62. The van der Waals surface area contributed by atoms with Crippen LogP contribution in [0.25, 0.3) is 0 Å². The molecule has 1 N–H and O–H groups in total. The molecule has 0 aliphatic heterocycles. The number of thioether (sulfide) groups is 1. The van der Waals surface area contributed by atoms with Gasteiger partial charge in [0, 0.05) is 4.90 Å². The van der Waals surface area contributed by atoms with Gasteiger partial charge in [-0.15, -0.1) is 18.3 Å². The first-order valence-electron chi connectivity index (χ1n) is 5.75. The van der Waals surface area contributed by atoms with E-state index in [0.29, 0.717) is 12.2 Å². The summed E-state index contributed by atoms with van der Waals surface area (Å²) in [5, 5.41) is 10.2. The molecule has 2 atom stereocenters. The van der Waals surface area contributed by atoms with Crippen molar-refractivity contribution in [2.24, 2.45) is 5.92 Å². The van der Waals surface area contributed by atoms with Crippen molar-refractivity contribution in [3.8, 4) is 0 Å². The Morgan fingerprint density at radius 2 is 2.11 bits per heavy atom. The smallest absolute Gasteiger partial charge is 0.315 e. The van der Waals surface area contributed by atoms with Crippen molar-refractivity contribution >= 4 is 17.7 Å². The molecule has 0 radical (unpaired) electrons. The first-order valence-corrected chi connectivity index (χ1v) is 6.97. The van der Waals surface area contributed by atoms with Crippen molar-refractivity contribution in [1.29, 1.82) is 0 Å². The van der Waals surface area contributed by atoms with E-state index in [2.05, 4.69) is 6.58 Å². The number of carbonyl (C=O) groups is 1. The van der Waals surface area contributed by atoms with E-state index < -0.39 is 18.0 Å². The Labute approximate surface area is 112 Å². The summed E-state index contributed by atoms with van der Waals surface area (Å²) in [5.41, 5.74) is 0.686. The lowest BCUT2D eigenvalue weighted by molar-refractivity contribution is -0.149. The molecule has 0 amide bonds. The van der Waals surface area contributed by atoms with E-state index in [1.54, 1.807) is 18.7 Å². The summed E-state index contributed by atoms with van der Waals surface area (Å²) in [4.78, 5) is 12.8. The molecule has 1 aromatic rings. The van der Waals surface area contributed by atoms with Gasteiger partial charge in [-0.2, -0.15) is 0 Å². The molecule has 0 saturated carbocycles. The van der Waals surface area contributed by atoms with Crippen LogP contribution < -0.4 is 0 Å². The lowest BCUT2D eigenvalue weighted by atomic mass is 9.96. The van der Waals surface area contributed by atoms with E-state index >= 15 is 0 Å². The highest BCUT2D eigenvalue weighted by atomic mass is 32.2. The second kappa shape index (κ2) is 7.24. The van der Waals surface area contributed by atoms with Crippen LogP contribution in [0.3, 0.4) is 0 Å².